The molecule has 0 saturated carbocycles. The van der Waals surface area contributed by atoms with E-state index in [4.69, 9.17) is 14.2 Å². The number of para-hydroxylation sites is 2. The molecule has 2 rings (SSSR count). The Labute approximate surface area is 144 Å². The lowest BCUT2D eigenvalue weighted by Gasteiger charge is -2.34. The Morgan fingerprint density at radius 2 is 1.88 bits per heavy atom. The molecular formula is C19H29NO4. The second-order valence-electron chi connectivity index (χ2n) is 7.42. The average molecular weight is 335 g/mol. The van der Waals surface area contributed by atoms with Crippen LogP contribution in [-0.4, -0.2) is 41.9 Å². The third-order valence-electron chi connectivity index (χ3n) is 3.54. The molecule has 5 heteroatoms. The lowest BCUT2D eigenvalue weighted by molar-refractivity contribution is 0.00737. The first-order chi connectivity index (χ1) is 11.2. The van der Waals surface area contributed by atoms with E-state index in [-0.39, 0.29) is 18.3 Å². The fourth-order valence-corrected chi connectivity index (χ4v) is 2.61. The van der Waals surface area contributed by atoms with E-state index in [9.17, 15) is 4.79 Å². The Morgan fingerprint density at radius 3 is 2.50 bits per heavy atom. The summed E-state index contributed by atoms with van der Waals surface area (Å²) < 4.78 is 17.4. The zero-order valence-electron chi connectivity index (χ0n) is 15.4. The summed E-state index contributed by atoms with van der Waals surface area (Å²) in [6.45, 7) is 10.8. The summed E-state index contributed by atoms with van der Waals surface area (Å²) in [6.07, 6.45) is 1.57. The predicted molar refractivity (Wildman–Crippen MR) is 93.7 cm³/mol. The second kappa shape index (κ2) is 7.77. The lowest BCUT2D eigenvalue weighted by atomic mass is 10.1. The molecule has 1 heterocycles. The number of likely N-dealkylation sites (tertiary alicyclic amines) is 1. The van der Waals surface area contributed by atoms with Crippen molar-refractivity contribution in [2.45, 2.75) is 65.3 Å². The van der Waals surface area contributed by atoms with Crippen molar-refractivity contribution < 1.29 is 19.0 Å². The van der Waals surface area contributed by atoms with Crippen LogP contribution in [0.25, 0.3) is 0 Å². The molecule has 0 aromatic heterocycles. The average Bonchev–Trinajstić information content (AvgIpc) is 2.47. The molecule has 0 N–H and O–H groups in total. The van der Waals surface area contributed by atoms with Crippen molar-refractivity contribution in [1.29, 1.82) is 0 Å². The molecular weight excluding hydrogens is 306 g/mol. The number of benzene rings is 1. The van der Waals surface area contributed by atoms with Gasteiger partial charge in [-0.2, -0.15) is 0 Å². The summed E-state index contributed by atoms with van der Waals surface area (Å²) >= 11 is 0. The van der Waals surface area contributed by atoms with E-state index in [0.717, 1.165) is 24.3 Å². The number of hydrogen-bond donors (Lipinski definition) is 0. The van der Waals surface area contributed by atoms with Gasteiger partial charge in [-0.3, -0.25) is 0 Å². The highest BCUT2D eigenvalue weighted by Gasteiger charge is 2.29. The molecule has 0 bridgehead atoms. The van der Waals surface area contributed by atoms with Gasteiger partial charge in [0.05, 0.1) is 12.6 Å². The number of carbonyl (C=O) groups is 1. The number of hydrogen-bond acceptors (Lipinski definition) is 4. The van der Waals surface area contributed by atoms with Crippen LogP contribution in [0, 0.1) is 0 Å². The van der Waals surface area contributed by atoms with Gasteiger partial charge in [-0.05, 0) is 59.6 Å². The Balaban J connectivity index is 1.99. The Hall–Kier alpha value is -1.91. The molecule has 1 amide bonds. The van der Waals surface area contributed by atoms with Gasteiger partial charge in [0.2, 0.25) is 0 Å². The maximum atomic E-state index is 12.2. The van der Waals surface area contributed by atoms with Crippen molar-refractivity contribution in [1.82, 2.24) is 4.90 Å². The van der Waals surface area contributed by atoms with Crippen molar-refractivity contribution in [3.63, 3.8) is 0 Å². The molecule has 1 fully saturated rings. The fourth-order valence-electron chi connectivity index (χ4n) is 2.61. The minimum absolute atomic E-state index is 0.0526. The molecule has 0 unspecified atom stereocenters. The summed E-state index contributed by atoms with van der Waals surface area (Å²) in [4.78, 5) is 14.0. The van der Waals surface area contributed by atoms with Crippen molar-refractivity contribution in [3.05, 3.63) is 24.3 Å². The fraction of sp³-hybridized carbons (Fsp3) is 0.632. The quantitative estimate of drug-likeness (QED) is 0.825. The van der Waals surface area contributed by atoms with Gasteiger partial charge < -0.3 is 19.1 Å². The Morgan fingerprint density at radius 1 is 1.21 bits per heavy atom. The first kappa shape index (κ1) is 18.4. The standard InChI is InChI=1S/C19H29NO4/c1-14(2)22-16-10-6-7-11-17(16)23-15-9-8-12-20(13-15)18(21)24-19(3,4)5/h6-7,10-11,14-15H,8-9,12-13H2,1-5H3/t15-/m1/s1. The van der Waals surface area contributed by atoms with E-state index in [1.54, 1.807) is 4.90 Å². The van der Waals surface area contributed by atoms with Crippen molar-refractivity contribution in [2.75, 3.05) is 13.1 Å². The highest BCUT2D eigenvalue weighted by molar-refractivity contribution is 5.68. The molecule has 24 heavy (non-hydrogen) atoms. The Kier molecular flexibility index (Phi) is 5.97. The van der Waals surface area contributed by atoms with Gasteiger partial charge >= 0.3 is 6.09 Å². The molecule has 1 aliphatic rings. The summed E-state index contributed by atoms with van der Waals surface area (Å²) in [6, 6.07) is 7.67. The van der Waals surface area contributed by atoms with Crippen LogP contribution in [0.5, 0.6) is 11.5 Å². The highest BCUT2D eigenvalue weighted by Crippen LogP contribution is 2.30. The molecule has 1 aromatic carbocycles. The first-order valence-corrected chi connectivity index (χ1v) is 8.65. The molecule has 5 nitrogen and oxygen atoms in total. The van der Waals surface area contributed by atoms with E-state index in [2.05, 4.69) is 0 Å². The summed E-state index contributed by atoms with van der Waals surface area (Å²) in [5.74, 6) is 1.46. The lowest BCUT2D eigenvalue weighted by Crippen LogP contribution is -2.46. The van der Waals surface area contributed by atoms with E-state index < -0.39 is 5.60 Å². The van der Waals surface area contributed by atoms with E-state index >= 15 is 0 Å². The molecule has 0 spiro atoms. The van der Waals surface area contributed by atoms with Crippen LogP contribution < -0.4 is 9.47 Å². The molecule has 1 aromatic rings. The SMILES string of the molecule is CC(C)Oc1ccccc1O[C@@H]1CCCN(C(=O)OC(C)(C)C)C1. The van der Waals surface area contributed by atoms with Crippen molar-refractivity contribution in [2.24, 2.45) is 0 Å². The molecule has 1 aliphatic heterocycles. The minimum atomic E-state index is -0.484. The number of amides is 1. The van der Waals surface area contributed by atoms with Gasteiger partial charge in [0.25, 0.3) is 0 Å². The largest absolute Gasteiger partial charge is 0.487 e. The van der Waals surface area contributed by atoms with Crippen LogP contribution in [0.3, 0.4) is 0 Å². The summed E-state index contributed by atoms with van der Waals surface area (Å²) in [5, 5.41) is 0. The first-order valence-electron chi connectivity index (χ1n) is 8.65. The second-order valence-corrected chi connectivity index (χ2v) is 7.42. The van der Waals surface area contributed by atoms with Crippen molar-refractivity contribution in [3.8, 4) is 11.5 Å². The highest BCUT2D eigenvalue weighted by atomic mass is 16.6. The zero-order chi connectivity index (χ0) is 17.7. The summed E-state index contributed by atoms with van der Waals surface area (Å²) in [7, 11) is 0. The number of ether oxygens (including phenoxy) is 3. The number of carbonyl (C=O) groups excluding carboxylic acids is 1. The third kappa shape index (κ3) is 5.62. The van der Waals surface area contributed by atoms with Crippen LogP contribution in [0.2, 0.25) is 0 Å². The smallest absolute Gasteiger partial charge is 0.410 e. The molecule has 1 saturated heterocycles. The molecule has 134 valence electrons. The zero-order valence-corrected chi connectivity index (χ0v) is 15.4. The van der Waals surface area contributed by atoms with Crippen LogP contribution >= 0.6 is 0 Å². The number of rotatable bonds is 4. The predicted octanol–water partition coefficient (Wildman–Crippen LogP) is 4.25. The van der Waals surface area contributed by atoms with E-state index in [1.165, 1.54) is 0 Å². The van der Waals surface area contributed by atoms with Crippen LogP contribution in [0.15, 0.2) is 24.3 Å². The Bertz CT molecular complexity index is 551. The van der Waals surface area contributed by atoms with Crippen LogP contribution in [0.1, 0.15) is 47.5 Å². The maximum Gasteiger partial charge on any atom is 0.410 e. The third-order valence-corrected chi connectivity index (χ3v) is 3.54. The van der Waals surface area contributed by atoms with Gasteiger partial charge in [0.1, 0.15) is 11.7 Å². The monoisotopic (exact) mass is 335 g/mol. The molecule has 1 atom stereocenters. The minimum Gasteiger partial charge on any atom is -0.487 e. The van der Waals surface area contributed by atoms with Crippen molar-refractivity contribution >= 4 is 6.09 Å². The topological polar surface area (TPSA) is 48.0 Å². The molecule has 0 radical (unpaired) electrons. The molecule has 0 aliphatic carbocycles. The van der Waals surface area contributed by atoms with Gasteiger partial charge in [-0.15, -0.1) is 0 Å². The normalized spacial score (nSPS) is 18.4. The maximum absolute atomic E-state index is 12.2. The van der Waals surface area contributed by atoms with Gasteiger partial charge in [0.15, 0.2) is 11.5 Å². The van der Waals surface area contributed by atoms with Gasteiger partial charge in [-0.25, -0.2) is 4.79 Å². The van der Waals surface area contributed by atoms with E-state index in [1.807, 2.05) is 58.9 Å². The van der Waals surface area contributed by atoms with Gasteiger partial charge in [-0.1, -0.05) is 12.1 Å². The number of piperidine rings is 1. The van der Waals surface area contributed by atoms with Crippen LogP contribution in [0.4, 0.5) is 4.79 Å². The van der Waals surface area contributed by atoms with Crippen LogP contribution in [-0.2, 0) is 4.74 Å². The number of nitrogens with zero attached hydrogens (tertiary/aromatic N) is 1. The van der Waals surface area contributed by atoms with Gasteiger partial charge in [0, 0.05) is 6.54 Å². The summed E-state index contributed by atoms with van der Waals surface area (Å²) in [5.41, 5.74) is -0.484. The van der Waals surface area contributed by atoms with E-state index in [0.29, 0.717) is 13.1 Å².